The molecule has 1 aromatic rings. The minimum atomic E-state index is -0.304. The highest BCUT2D eigenvalue weighted by molar-refractivity contribution is 7.80. The molecule has 0 atom stereocenters. The van der Waals surface area contributed by atoms with E-state index in [1.165, 1.54) is 11.3 Å². The van der Waals surface area contributed by atoms with Gasteiger partial charge in [0.1, 0.15) is 5.69 Å². The number of nitrogens with zero attached hydrogens (tertiary/aromatic N) is 3. The summed E-state index contributed by atoms with van der Waals surface area (Å²) in [6, 6.07) is 0. The number of thiocarbonyl (C=S) groups is 1. The Balaban J connectivity index is 1.98. The van der Waals surface area contributed by atoms with Gasteiger partial charge in [0.05, 0.1) is 15.5 Å². The van der Waals surface area contributed by atoms with Gasteiger partial charge in [-0.05, 0) is 20.8 Å². The maximum atomic E-state index is 12.3. The van der Waals surface area contributed by atoms with Crippen LogP contribution in [0, 0.1) is 6.92 Å². The zero-order valence-electron chi connectivity index (χ0n) is 12.0. The van der Waals surface area contributed by atoms with E-state index in [4.69, 9.17) is 18.0 Å². The van der Waals surface area contributed by atoms with Gasteiger partial charge < -0.3 is 10.6 Å². The van der Waals surface area contributed by atoms with E-state index in [9.17, 15) is 4.79 Å². The molecule has 0 radical (unpaired) electrons. The Hall–Kier alpha value is -1.05. The van der Waals surface area contributed by atoms with E-state index < -0.39 is 0 Å². The highest BCUT2D eigenvalue weighted by Crippen LogP contribution is 2.19. The Bertz CT molecular complexity index is 518. The number of piperazine rings is 1. The normalized spacial score (nSPS) is 17.2. The SMILES string of the molecule is Cc1nc(C(=O)N2CCN(C(C)(C)C(N)=S)CC2)cs1. The summed E-state index contributed by atoms with van der Waals surface area (Å²) in [7, 11) is 0. The van der Waals surface area contributed by atoms with Crippen LogP contribution >= 0.6 is 23.6 Å². The van der Waals surface area contributed by atoms with Crippen molar-refractivity contribution in [3.63, 3.8) is 0 Å². The molecule has 0 aliphatic carbocycles. The first-order valence-electron chi connectivity index (χ1n) is 6.58. The molecule has 1 aromatic heterocycles. The molecule has 1 saturated heterocycles. The second-order valence-corrected chi connectivity index (χ2v) is 6.96. The van der Waals surface area contributed by atoms with Crippen LogP contribution in [0.3, 0.4) is 0 Å². The summed E-state index contributed by atoms with van der Waals surface area (Å²) in [5, 5.41) is 2.74. The molecule has 0 bridgehead atoms. The Morgan fingerprint density at radius 2 is 2.00 bits per heavy atom. The molecule has 1 aliphatic heterocycles. The molecule has 1 fully saturated rings. The number of nitrogens with two attached hydrogens (primary N) is 1. The second-order valence-electron chi connectivity index (χ2n) is 5.45. The Morgan fingerprint density at radius 3 is 2.45 bits per heavy atom. The molecule has 1 aliphatic rings. The fourth-order valence-electron chi connectivity index (χ4n) is 2.25. The molecule has 2 N–H and O–H groups in total. The van der Waals surface area contributed by atoms with E-state index in [0.717, 1.165) is 18.1 Å². The van der Waals surface area contributed by atoms with Crippen molar-refractivity contribution in [3.8, 4) is 0 Å². The molecule has 7 heteroatoms. The monoisotopic (exact) mass is 312 g/mol. The fraction of sp³-hybridized carbons (Fsp3) is 0.615. The minimum Gasteiger partial charge on any atom is -0.392 e. The molecule has 110 valence electrons. The molecule has 1 amide bonds. The molecular formula is C13H20N4OS2. The molecule has 0 unspecified atom stereocenters. The van der Waals surface area contributed by atoms with Gasteiger partial charge in [0.25, 0.3) is 5.91 Å². The van der Waals surface area contributed by atoms with Crippen LogP contribution in [-0.4, -0.2) is 57.4 Å². The van der Waals surface area contributed by atoms with Crippen LogP contribution in [0.25, 0.3) is 0 Å². The first-order chi connectivity index (χ1) is 9.32. The van der Waals surface area contributed by atoms with Crippen LogP contribution in [0.15, 0.2) is 5.38 Å². The van der Waals surface area contributed by atoms with Crippen LogP contribution in [0.4, 0.5) is 0 Å². The summed E-state index contributed by atoms with van der Waals surface area (Å²) >= 11 is 6.62. The molecule has 2 rings (SSSR count). The molecule has 5 nitrogen and oxygen atoms in total. The third-order valence-corrected chi connectivity index (χ3v) is 5.07. The number of thiazole rings is 1. The van der Waals surface area contributed by atoms with Gasteiger partial charge in [-0.25, -0.2) is 4.98 Å². The van der Waals surface area contributed by atoms with Crippen LogP contribution in [0.2, 0.25) is 0 Å². The van der Waals surface area contributed by atoms with Gasteiger partial charge >= 0.3 is 0 Å². The van der Waals surface area contributed by atoms with E-state index in [0.29, 0.717) is 23.8 Å². The number of amides is 1. The first-order valence-corrected chi connectivity index (χ1v) is 7.87. The van der Waals surface area contributed by atoms with Gasteiger partial charge in [-0.2, -0.15) is 0 Å². The smallest absolute Gasteiger partial charge is 0.273 e. The summed E-state index contributed by atoms with van der Waals surface area (Å²) in [6.07, 6.45) is 0. The minimum absolute atomic E-state index is 0.0159. The Morgan fingerprint density at radius 1 is 1.40 bits per heavy atom. The number of hydrogen-bond acceptors (Lipinski definition) is 5. The summed E-state index contributed by atoms with van der Waals surface area (Å²) < 4.78 is 0. The van der Waals surface area contributed by atoms with E-state index in [1.807, 2.05) is 31.1 Å². The lowest BCUT2D eigenvalue weighted by Crippen LogP contribution is -2.59. The maximum Gasteiger partial charge on any atom is 0.273 e. The van der Waals surface area contributed by atoms with Gasteiger partial charge in [0.15, 0.2) is 0 Å². The van der Waals surface area contributed by atoms with Crippen molar-refractivity contribution in [2.75, 3.05) is 26.2 Å². The zero-order valence-corrected chi connectivity index (χ0v) is 13.7. The van der Waals surface area contributed by atoms with E-state index >= 15 is 0 Å². The van der Waals surface area contributed by atoms with Crippen molar-refractivity contribution in [2.24, 2.45) is 5.73 Å². The summed E-state index contributed by atoms with van der Waals surface area (Å²) in [4.78, 5) is 21.1. The summed E-state index contributed by atoms with van der Waals surface area (Å²) in [6.45, 7) is 8.87. The van der Waals surface area contributed by atoms with Gasteiger partial charge in [-0.1, -0.05) is 12.2 Å². The first kappa shape index (κ1) is 15.3. The summed E-state index contributed by atoms with van der Waals surface area (Å²) in [5.41, 5.74) is 6.04. The molecule has 2 heterocycles. The van der Waals surface area contributed by atoms with Gasteiger partial charge in [0, 0.05) is 31.6 Å². The molecular weight excluding hydrogens is 292 g/mol. The molecule has 0 saturated carbocycles. The average molecular weight is 312 g/mol. The lowest BCUT2D eigenvalue weighted by Gasteiger charge is -2.43. The van der Waals surface area contributed by atoms with Crippen LogP contribution in [0.5, 0.6) is 0 Å². The van der Waals surface area contributed by atoms with Crippen LogP contribution in [-0.2, 0) is 0 Å². The number of carbonyl (C=O) groups is 1. The van der Waals surface area contributed by atoms with Crippen molar-refractivity contribution < 1.29 is 4.79 Å². The molecule has 0 aromatic carbocycles. The maximum absolute atomic E-state index is 12.3. The van der Waals surface area contributed by atoms with Crippen molar-refractivity contribution in [3.05, 3.63) is 16.1 Å². The molecule has 0 spiro atoms. The van der Waals surface area contributed by atoms with E-state index in [1.54, 1.807) is 0 Å². The van der Waals surface area contributed by atoms with Crippen LogP contribution in [0.1, 0.15) is 29.3 Å². The number of rotatable bonds is 3. The lowest BCUT2D eigenvalue weighted by molar-refractivity contribution is 0.0535. The van der Waals surface area contributed by atoms with E-state index in [2.05, 4.69) is 9.88 Å². The number of aromatic nitrogens is 1. The van der Waals surface area contributed by atoms with Gasteiger partial charge in [-0.3, -0.25) is 9.69 Å². The predicted octanol–water partition coefficient (Wildman–Crippen LogP) is 1.27. The zero-order chi connectivity index (χ0) is 14.9. The third kappa shape index (κ3) is 2.99. The number of carbonyl (C=O) groups excluding carboxylic acids is 1. The Kier molecular flexibility index (Phi) is 4.41. The third-order valence-electron chi connectivity index (χ3n) is 3.80. The van der Waals surface area contributed by atoms with Crippen molar-refractivity contribution >= 4 is 34.5 Å². The largest absolute Gasteiger partial charge is 0.392 e. The average Bonchev–Trinajstić information content (AvgIpc) is 2.84. The Labute approximate surface area is 128 Å². The van der Waals surface area contributed by atoms with Crippen molar-refractivity contribution in [2.45, 2.75) is 26.3 Å². The second kappa shape index (κ2) is 5.75. The van der Waals surface area contributed by atoms with Gasteiger partial charge in [-0.15, -0.1) is 11.3 Å². The highest BCUT2D eigenvalue weighted by Gasteiger charge is 2.33. The fourth-order valence-corrected chi connectivity index (χ4v) is 2.96. The molecule has 20 heavy (non-hydrogen) atoms. The lowest BCUT2D eigenvalue weighted by atomic mass is 10.0. The summed E-state index contributed by atoms with van der Waals surface area (Å²) in [5.74, 6) is 0.0159. The quantitative estimate of drug-likeness (QED) is 0.852. The number of hydrogen-bond donors (Lipinski definition) is 1. The van der Waals surface area contributed by atoms with Crippen molar-refractivity contribution in [1.82, 2.24) is 14.8 Å². The highest BCUT2D eigenvalue weighted by atomic mass is 32.1. The van der Waals surface area contributed by atoms with Crippen LogP contribution < -0.4 is 5.73 Å². The number of aryl methyl sites for hydroxylation is 1. The van der Waals surface area contributed by atoms with E-state index in [-0.39, 0.29) is 11.4 Å². The standard InChI is InChI=1S/C13H20N4OS2/c1-9-15-10(8-20-9)11(18)16-4-6-17(7-5-16)13(2,3)12(14)19/h8H,4-7H2,1-3H3,(H2,14,19). The van der Waals surface area contributed by atoms with Gasteiger partial charge in [0.2, 0.25) is 0 Å². The van der Waals surface area contributed by atoms with Crippen molar-refractivity contribution in [1.29, 1.82) is 0 Å². The predicted molar refractivity (Wildman–Crippen MR) is 85.2 cm³/mol. The topological polar surface area (TPSA) is 62.5 Å².